The molecule has 1 saturated heterocycles. The maximum Gasteiger partial charge on any atom is 0.410 e. The van der Waals surface area contributed by atoms with Gasteiger partial charge in [0.25, 0.3) is 0 Å². The molecule has 3 aliphatic rings. The number of nitrogens with zero attached hydrogens (tertiary/aromatic N) is 4. The van der Waals surface area contributed by atoms with E-state index < -0.39 is 5.60 Å². The Balaban J connectivity index is 1.23. The van der Waals surface area contributed by atoms with Crippen LogP contribution in [-0.4, -0.2) is 79.0 Å². The van der Waals surface area contributed by atoms with Crippen molar-refractivity contribution in [3.63, 3.8) is 0 Å². The fourth-order valence-corrected chi connectivity index (χ4v) is 8.13. The highest BCUT2D eigenvalue weighted by Gasteiger charge is 2.32. The number of benzene rings is 1. The highest BCUT2D eigenvalue weighted by atomic mass is 32.1. The van der Waals surface area contributed by atoms with E-state index in [0.29, 0.717) is 25.6 Å². The molecular formula is C33H46N4O4S. The summed E-state index contributed by atoms with van der Waals surface area (Å²) in [5.74, 6) is 0.605. The summed E-state index contributed by atoms with van der Waals surface area (Å²) in [4.78, 5) is 30.9. The summed E-state index contributed by atoms with van der Waals surface area (Å²) in [5.41, 5.74) is 6.59. The van der Waals surface area contributed by atoms with E-state index in [-0.39, 0.29) is 6.09 Å². The van der Waals surface area contributed by atoms with Gasteiger partial charge in [-0.15, -0.1) is 11.3 Å². The largest absolute Gasteiger partial charge is 0.444 e. The van der Waals surface area contributed by atoms with Crippen LogP contribution in [0.4, 0.5) is 10.5 Å². The van der Waals surface area contributed by atoms with Gasteiger partial charge in [-0.1, -0.05) is 37.5 Å². The van der Waals surface area contributed by atoms with Gasteiger partial charge >= 0.3 is 6.09 Å². The molecule has 0 atom stereocenters. The Morgan fingerprint density at radius 3 is 2.48 bits per heavy atom. The minimum Gasteiger partial charge on any atom is -0.444 e. The van der Waals surface area contributed by atoms with Crippen molar-refractivity contribution in [3.05, 3.63) is 40.8 Å². The molecule has 2 aliphatic heterocycles. The third kappa shape index (κ3) is 6.20. The Morgan fingerprint density at radius 2 is 1.74 bits per heavy atom. The molecule has 2 aromatic heterocycles. The Hall–Kier alpha value is -2.59. The average molecular weight is 595 g/mol. The number of ether oxygens (including phenoxy) is 1. The van der Waals surface area contributed by atoms with Crippen LogP contribution in [0.2, 0.25) is 0 Å². The molecule has 1 saturated carbocycles. The lowest BCUT2D eigenvalue weighted by Gasteiger charge is -2.36. The summed E-state index contributed by atoms with van der Waals surface area (Å²) in [6, 6.07) is 11.4. The number of thiophene rings is 1. The first-order valence-electron chi connectivity index (χ1n) is 15.7. The molecule has 0 spiro atoms. The molecule has 228 valence electrons. The van der Waals surface area contributed by atoms with Crippen molar-refractivity contribution in [1.29, 1.82) is 0 Å². The second kappa shape index (κ2) is 12.6. The molecule has 4 heterocycles. The number of para-hydroxylation sites is 1. The SMILES string of the molecule is COOCc1cc2c(s1)c(C1CCCCC1)c1n2CCN(CCN2CCN(C(=O)OC(C)(C)C)CC2)c2ccccc2-1. The Labute approximate surface area is 254 Å². The minimum absolute atomic E-state index is 0.198. The summed E-state index contributed by atoms with van der Waals surface area (Å²) in [6.07, 6.45) is 6.33. The first kappa shape index (κ1) is 29.5. The van der Waals surface area contributed by atoms with E-state index in [1.165, 1.54) is 64.1 Å². The first-order chi connectivity index (χ1) is 20.3. The molecule has 42 heavy (non-hydrogen) atoms. The number of fused-ring (bicyclic) bond motifs is 5. The molecular weight excluding hydrogens is 548 g/mol. The van der Waals surface area contributed by atoms with Crippen LogP contribution in [0.15, 0.2) is 30.3 Å². The number of carbonyl (C=O) groups excluding carboxylic acids is 1. The molecule has 0 unspecified atom stereocenters. The normalized spacial score (nSPS) is 18.7. The Bertz CT molecular complexity index is 1380. The van der Waals surface area contributed by atoms with Gasteiger partial charge in [0, 0.05) is 68.5 Å². The van der Waals surface area contributed by atoms with Crippen LogP contribution in [0, 0.1) is 0 Å². The summed E-state index contributed by atoms with van der Waals surface area (Å²) in [5, 5.41) is 0. The summed E-state index contributed by atoms with van der Waals surface area (Å²) >= 11 is 1.88. The second-order valence-corrected chi connectivity index (χ2v) is 14.1. The molecule has 0 N–H and O–H groups in total. The molecule has 3 aromatic rings. The van der Waals surface area contributed by atoms with Crippen molar-refractivity contribution in [1.82, 2.24) is 14.4 Å². The number of hydrogen-bond donors (Lipinski definition) is 0. The molecule has 1 aromatic carbocycles. The molecule has 9 heteroatoms. The molecule has 2 fully saturated rings. The van der Waals surface area contributed by atoms with Crippen molar-refractivity contribution in [2.75, 3.05) is 57.8 Å². The Morgan fingerprint density at radius 1 is 0.976 bits per heavy atom. The number of carbonyl (C=O) groups is 1. The quantitative estimate of drug-likeness (QED) is 0.220. The van der Waals surface area contributed by atoms with Crippen molar-refractivity contribution < 1.29 is 19.3 Å². The topological polar surface area (TPSA) is 59.4 Å². The summed E-state index contributed by atoms with van der Waals surface area (Å²) in [6.45, 7) is 13.3. The Kier molecular flexibility index (Phi) is 8.82. The molecule has 0 bridgehead atoms. The monoisotopic (exact) mass is 594 g/mol. The third-order valence-electron chi connectivity index (χ3n) is 8.96. The summed E-state index contributed by atoms with van der Waals surface area (Å²) < 4.78 is 9.64. The van der Waals surface area contributed by atoms with E-state index in [4.69, 9.17) is 14.5 Å². The zero-order chi connectivity index (χ0) is 29.3. The maximum atomic E-state index is 12.5. The fraction of sp³-hybridized carbons (Fsp3) is 0.606. The highest BCUT2D eigenvalue weighted by molar-refractivity contribution is 7.19. The van der Waals surface area contributed by atoms with Gasteiger partial charge in [0.05, 0.1) is 23.0 Å². The van der Waals surface area contributed by atoms with Gasteiger partial charge in [0.1, 0.15) is 12.2 Å². The van der Waals surface area contributed by atoms with Gasteiger partial charge in [-0.05, 0) is 57.2 Å². The van der Waals surface area contributed by atoms with Crippen LogP contribution in [0.25, 0.3) is 21.5 Å². The van der Waals surface area contributed by atoms with Crippen LogP contribution in [0.3, 0.4) is 0 Å². The van der Waals surface area contributed by atoms with E-state index in [9.17, 15) is 4.79 Å². The highest BCUT2D eigenvalue weighted by Crippen LogP contribution is 2.49. The van der Waals surface area contributed by atoms with Crippen LogP contribution in [0.5, 0.6) is 0 Å². The van der Waals surface area contributed by atoms with Crippen molar-refractivity contribution in [3.8, 4) is 11.3 Å². The molecule has 1 aliphatic carbocycles. The fourth-order valence-electron chi connectivity index (χ4n) is 6.94. The lowest BCUT2D eigenvalue weighted by Crippen LogP contribution is -2.51. The van der Waals surface area contributed by atoms with Crippen LogP contribution < -0.4 is 4.90 Å². The molecule has 0 radical (unpaired) electrons. The smallest absolute Gasteiger partial charge is 0.410 e. The van der Waals surface area contributed by atoms with Crippen LogP contribution >= 0.6 is 11.3 Å². The molecule has 1 amide bonds. The van der Waals surface area contributed by atoms with E-state index in [1.807, 2.05) is 37.0 Å². The number of piperazine rings is 1. The van der Waals surface area contributed by atoms with Gasteiger partial charge in [-0.2, -0.15) is 0 Å². The molecule has 6 rings (SSSR count). The second-order valence-electron chi connectivity index (χ2n) is 12.9. The van der Waals surface area contributed by atoms with E-state index in [1.54, 1.807) is 12.7 Å². The zero-order valence-electron chi connectivity index (χ0n) is 25.7. The lowest BCUT2D eigenvalue weighted by atomic mass is 9.83. The first-order valence-corrected chi connectivity index (χ1v) is 16.5. The van der Waals surface area contributed by atoms with Gasteiger partial charge in [-0.25, -0.2) is 14.6 Å². The van der Waals surface area contributed by atoms with Crippen molar-refractivity contribution in [2.24, 2.45) is 0 Å². The van der Waals surface area contributed by atoms with Crippen molar-refractivity contribution in [2.45, 2.75) is 77.5 Å². The third-order valence-corrected chi connectivity index (χ3v) is 10.1. The maximum absolute atomic E-state index is 12.5. The van der Waals surface area contributed by atoms with E-state index >= 15 is 0 Å². The average Bonchev–Trinajstić information content (AvgIpc) is 3.47. The number of anilines is 1. The number of hydrogen-bond acceptors (Lipinski definition) is 7. The van der Waals surface area contributed by atoms with Gasteiger partial charge in [-0.3, -0.25) is 4.90 Å². The van der Waals surface area contributed by atoms with Crippen LogP contribution in [0.1, 0.15) is 69.2 Å². The molecule has 8 nitrogen and oxygen atoms in total. The standard InChI is InChI=1S/C33H46N4O4S/c1-33(2,3)41-32(38)36-18-15-34(16-19-36)14-17-35-20-21-37-28-22-25(23-40-39-4)42-31(28)29(24-10-6-5-7-11-24)30(37)26-12-8-9-13-27(26)35/h8-9,12-13,22,24H,5-7,10-11,14-21,23H2,1-4H3. The number of amides is 1. The van der Waals surface area contributed by atoms with Crippen molar-refractivity contribution >= 4 is 33.3 Å². The minimum atomic E-state index is -0.460. The number of rotatable bonds is 7. The van der Waals surface area contributed by atoms with Gasteiger partial charge < -0.3 is 19.1 Å². The van der Waals surface area contributed by atoms with Gasteiger partial charge in [0.15, 0.2) is 0 Å². The predicted molar refractivity (Wildman–Crippen MR) is 169 cm³/mol. The summed E-state index contributed by atoms with van der Waals surface area (Å²) in [7, 11) is 1.58. The van der Waals surface area contributed by atoms with E-state index in [2.05, 4.69) is 44.7 Å². The lowest BCUT2D eigenvalue weighted by molar-refractivity contribution is -0.281. The van der Waals surface area contributed by atoms with E-state index in [0.717, 1.165) is 39.3 Å². The number of aromatic nitrogens is 1. The van der Waals surface area contributed by atoms with Crippen LogP contribution in [-0.2, 0) is 27.7 Å². The predicted octanol–water partition coefficient (Wildman–Crippen LogP) is 6.87. The van der Waals surface area contributed by atoms with Gasteiger partial charge in [0.2, 0.25) is 0 Å². The zero-order valence-corrected chi connectivity index (χ0v) is 26.5.